The van der Waals surface area contributed by atoms with Gasteiger partial charge in [-0.1, -0.05) is 11.6 Å². The maximum Gasteiger partial charge on any atom is 0.253 e. The molecule has 0 aromatic heterocycles. The molecule has 1 heterocycles. The number of rotatable bonds is 2. The SMILES string of the molecule is CC1OCCC1(C)NC(=O)c1ccc(Cl)cc1N. The number of halogens is 1. The van der Waals surface area contributed by atoms with E-state index in [1.165, 1.54) is 0 Å². The number of nitrogen functional groups attached to an aromatic ring is 1. The summed E-state index contributed by atoms with van der Waals surface area (Å²) in [6, 6.07) is 4.87. The average Bonchev–Trinajstić information content (AvgIpc) is 2.58. The van der Waals surface area contributed by atoms with Gasteiger partial charge in [-0.15, -0.1) is 0 Å². The molecular weight excluding hydrogens is 252 g/mol. The van der Waals surface area contributed by atoms with E-state index < -0.39 is 0 Å². The van der Waals surface area contributed by atoms with Crippen molar-refractivity contribution in [2.75, 3.05) is 12.3 Å². The second-order valence-electron chi connectivity index (χ2n) is 4.87. The predicted molar refractivity (Wildman–Crippen MR) is 71.8 cm³/mol. The van der Waals surface area contributed by atoms with E-state index in [9.17, 15) is 4.79 Å². The third kappa shape index (κ3) is 2.44. The minimum Gasteiger partial charge on any atom is -0.398 e. The molecule has 1 aromatic carbocycles. The molecule has 1 aliphatic heterocycles. The number of hydrogen-bond acceptors (Lipinski definition) is 3. The van der Waals surface area contributed by atoms with Gasteiger partial charge in [0, 0.05) is 17.3 Å². The van der Waals surface area contributed by atoms with Gasteiger partial charge in [0.2, 0.25) is 0 Å². The molecule has 0 bridgehead atoms. The summed E-state index contributed by atoms with van der Waals surface area (Å²) in [5.74, 6) is -0.191. The van der Waals surface area contributed by atoms with E-state index in [2.05, 4.69) is 5.32 Å². The van der Waals surface area contributed by atoms with Gasteiger partial charge in [-0.3, -0.25) is 4.79 Å². The molecule has 2 atom stereocenters. The smallest absolute Gasteiger partial charge is 0.253 e. The van der Waals surface area contributed by atoms with Gasteiger partial charge in [-0.2, -0.15) is 0 Å². The summed E-state index contributed by atoms with van der Waals surface area (Å²) in [4.78, 5) is 12.2. The Morgan fingerprint density at radius 1 is 1.61 bits per heavy atom. The number of hydrogen-bond donors (Lipinski definition) is 2. The molecule has 2 unspecified atom stereocenters. The third-order valence-electron chi connectivity index (χ3n) is 3.54. The monoisotopic (exact) mass is 268 g/mol. The first-order chi connectivity index (χ1) is 8.42. The number of anilines is 1. The lowest BCUT2D eigenvalue weighted by Crippen LogP contribution is -2.50. The van der Waals surface area contributed by atoms with Gasteiger partial charge in [-0.25, -0.2) is 0 Å². The molecule has 0 spiro atoms. The molecule has 2 rings (SSSR count). The van der Waals surface area contributed by atoms with Gasteiger partial charge in [0.1, 0.15) is 0 Å². The summed E-state index contributed by atoms with van der Waals surface area (Å²) in [7, 11) is 0. The number of benzene rings is 1. The molecule has 98 valence electrons. The normalized spacial score (nSPS) is 27.2. The highest BCUT2D eigenvalue weighted by molar-refractivity contribution is 6.31. The van der Waals surface area contributed by atoms with Crippen molar-refractivity contribution < 1.29 is 9.53 Å². The van der Waals surface area contributed by atoms with Crippen molar-refractivity contribution in [1.82, 2.24) is 5.32 Å². The summed E-state index contributed by atoms with van der Waals surface area (Å²) in [6.45, 7) is 4.60. The zero-order chi connectivity index (χ0) is 13.3. The number of amides is 1. The van der Waals surface area contributed by atoms with Crippen LogP contribution in [0.3, 0.4) is 0 Å². The van der Waals surface area contributed by atoms with Gasteiger partial charge >= 0.3 is 0 Å². The van der Waals surface area contributed by atoms with Crippen molar-refractivity contribution >= 4 is 23.2 Å². The van der Waals surface area contributed by atoms with Crippen LogP contribution in [0.1, 0.15) is 30.6 Å². The molecular formula is C13H17ClN2O2. The van der Waals surface area contributed by atoms with Crippen molar-refractivity contribution in [3.63, 3.8) is 0 Å². The first-order valence-electron chi connectivity index (χ1n) is 5.91. The van der Waals surface area contributed by atoms with Crippen LogP contribution in [-0.2, 0) is 4.74 Å². The summed E-state index contributed by atoms with van der Waals surface area (Å²) in [6.07, 6.45) is 0.794. The lowest BCUT2D eigenvalue weighted by Gasteiger charge is -2.29. The van der Waals surface area contributed by atoms with E-state index in [1.54, 1.807) is 18.2 Å². The maximum atomic E-state index is 12.2. The summed E-state index contributed by atoms with van der Waals surface area (Å²) >= 11 is 5.81. The number of ether oxygens (including phenoxy) is 1. The highest BCUT2D eigenvalue weighted by Crippen LogP contribution is 2.26. The van der Waals surface area contributed by atoms with Crippen LogP contribution in [0.2, 0.25) is 5.02 Å². The zero-order valence-corrected chi connectivity index (χ0v) is 11.3. The van der Waals surface area contributed by atoms with E-state index >= 15 is 0 Å². The first kappa shape index (κ1) is 13.2. The van der Waals surface area contributed by atoms with Crippen molar-refractivity contribution in [1.29, 1.82) is 0 Å². The maximum absolute atomic E-state index is 12.2. The molecule has 0 aliphatic carbocycles. The van der Waals surface area contributed by atoms with Crippen LogP contribution < -0.4 is 11.1 Å². The lowest BCUT2D eigenvalue weighted by molar-refractivity contribution is 0.0728. The quantitative estimate of drug-likeness (QED) is 0.809. The van der Waals surface area contributed by atoms with Crippen LogP contribution in [0.5, 0.6) is 0 Å². The first-order valence-corrected chi connectivity index (χ1v) is 6.29. The molecule has 5 heteroatoms. The zero-order valence-electron chi connectivity index (χ0n) is 10.5. The van der Waals surface area contributed by atoms with Gasteiger partial charge in [0.05, 0.1) is 17.2 Å². The highest BCUT2D eigenvalue weighted by Gasteiger charge is 2.38. The van der Waals surface area contributed by atoms with E-state index in [-0.39, 0.29) is 17.6 Å². The largest absolute Gasteiger partial charge is 0.398 e. The molecule has 1 saturated heterocycles. The molecule has 3 N–H and O–H groups in total. The summed E-state index contributed by atoms with van der Waals surface area (Å²) in [5, 5.41) is 3.52. The fraction of sp³-hybridized carbons (Fsp3) is 0.462. The van der Waals surface area contributed by atoms with E-state index in [0.29, 0.717) is 22.9 Å². The average molecular weight is 269 g/mol. The number of nitrogens with one attached hydrogen (secondary N) is 1. The Balaban J connectivity index is 2.17. The van der Waals surface area contributed by atoms with E-state index in [0.717, 1.165) is 6.42 Å². The lowest BCUT2D eigenvalue weighted by atomic mass is 9.94. The van der Waals surface area contributed by atoms with Crippen molar-refractivity contribution in [3.05, 3.63) is 28.8 Å². The third-order valence-corrected chi connectivity index (χ3v) is 3.78. The molecule has 1 amide bonds. The van der Waals surface area contributed by atoms with Crippen molar-refractivity contribution in [3.8, 4) is 0 Å². The Morgan fingerprint density at radius 3 is 2.89 bits per heavy atom. The van der Waals surface area contributed by atoms with E-state index in [1.807, 2.05) is 13.8 Å². The molecule has 1 fully saturated rings. The molecule has 18 heavy (non-hydrogen) atoms. The fourth-order valence-electron chi connectivity index (χ4n) is 2.07. The van der Waals surface area contributed by atoms with Gasteiger partial charge in [0.15, 0.2) is 0 Å². The molecule has 1 aromatic rings. The summed E-state index contributed by atoms with van der Waals surface area (Å²) in [5.41, 5.74) is 6.28. The predicted octanol–water partition coefficient (Wildman–Crippen LogP) is 2.22. The Labute approximate surface area is 111 Å². The molecule has 0 saturated carbocycles. The minimum absolute atomic E-state index is 0.00465. The van der Waals surface area contributed by atoms with Gasteiger partial charge in [0.25, 0.3) is 5.91 Å². The van der Waals surface area contributed by atoms with Crippen LogP contribution in [0.15, 0.2) is 18.2 Å². The number of carbonyl (C=O) groups is 1. The standard InChI is InChI=1S/C13H17ClN2O2/c1-8-13(2,5-6-18-8)16-12(17)10-4-3-9(14)7-11(10)15/h3-4,7-8H,5-6,15H2,1-2H3,(H,16,17). The Bertz CT molecular complexity index is 478. The van der Waals surface area contributed by atoms with Crippen molar-refractivity contribution in [2.24, 2.45) is 0 Å². The van der Waals surface area contributed by atoms with Crippen LogP contribution in [0.25, 0.3) is 0 Å². The number of nitrogens with two attached hydrogens (primary N) is 1. The molecule has 4 nitrogen and oxygen atoms in total. The van der Waals surface area contributed by atoms with Crippen LogP contribution >= 0.6 is 11.6 Å². The number of carbonyl (C=O) groups excluding carboxylic acids is 1. The van der Waals surface area contributed by atoms with Gasteiger partial charge in [-0.05, 0) is 38.5 Å². The second-order valence-corrected chi connectivity index (χ2v) is 5.30. The van der Waals surface area contributed by atoms with Crippen LogP contribution in [0.4, 0.5) is 5.69 Å². The molecule has 0 radical (unpaired) electrons. The van der Waals surface area contributed by atoms with E-state index in [4.69, 9.17) is 22.1 Å². The topological polar surface area (TPSA) is 64.3 Å². The molecule has 1 aliphatic rings. The Morgan fingerprint density at radius 2 is 2.33 bits per heavy atom. The van der Waals surface area contributed by atoms with Gasteiger partial charge < -0.3 is 15.8 Å². The minimum atomic E-state index is -0.344. The fourth-order valence-corrected chi connectivity index (χ4v) is 2.25. The Kier molecular flexibility index (Phi) is 3.50. The van der Waals surface area contributed by atoms with Crippen molar-refractivity contribution in [2.45, 2.75) is 31.9 Å². The highest BCUT2D eigenvalue weighted by atomic mass is 35.5. The van der Waals surface area contributed by atoms with Crippen LogP contribution in [0, 0.1) is 0 Å². The second kappa shape index (κ2) is 4.78. The van der Waals surface area contributed by atoms with Crippen LogP contribution in [-0.4, -0.2) is 24.2 Å². The Hall–Kier alpha value is -1.26. The summed E-state index contributed by atoms with van der Waals surface area (Å²) < 4.78 is 5.49.